The summed E-state index contributed by atoms with van der Waals surface area (Å²) < 4.78 is 0. The molecule has 0 radical (unpaired) electrons. The van der Waals surface area contributed by atoms with Crippen LogP contribution in [0.2, 0.25) is 0 Å². The lowest BCUT2D eigenvalue weighted by Gasteiger charge is -2.50. The smallest absolute Gasteiger partial charge is 0.254 e. The second kappa shape index (κ2) is 4.48. The molecule has 1 spiro atoms. The van der Waals surface area contributed by atoms with Crippen LogP contribution < -0.4 is 9.80 Å². The maximum atomic E-state index is 13.3. The molecule has 4 nitrogen and oxygen atoms in total. The van der Waals surface area contributed by atoms with Crippen LogP contribution in [-0.4, -0.2) is 25.7 Å². The summed E-state index contributed by atoms with van der Waals surface area (Å²) in [5.41, 5.74) is 2.04. The molecule has 122 valence electrons. The normalized spacial score (nSPS) is 17.5. The number of hydrogen-bond acceptors (Lipinski definition) is 4. The summed E-state index contributed by atoms with van der Waals surface area (Å²) in [5.74, 6) is -0.814. The van der Waals surface area contributed by atoms with Crippen molar-refractivity contribution in [3.8, 4) is 0 Å². The van der Waals surface area contributed by atoms with E-state index in [9.17, 15) is 9.59 Å². The van der Waals surface area contributed by atoms with Gasteiger partial charge in [0.2, 0.25) is 11.4 Å². The van der Waals surface area contributed by atoms with E-state index in [1.54, 1.807) is 12.1 Å². The van der Waals surface area contributed by atoms with Gasteiger partial charge in [-0.25, -0.2) is 0 Å². The van der Waals surface area contributed by atoms with E-state index in [-0.39, 0.29) is 0 Å². The monoisotopic (exact) mass is 328 g/mol. The number of anilines is 2. The Hall–Kier alpha value is -3.14. The minimum Gasteiger partial charge on any atom is -0.341 e. The first kappa shape index (κ1) is 14.2. The fourth-order valence-corrected chi connectivity index (χ4v) is 4.49. The zero-order valence-electron chi connectivity index (χ0n) is 14.0. The summed E-state index contributed by atoms with van der Waals surface area (Å²) in [6, 6.07) is 19.5. The van der Waals surface area contributed by atoms with Crippen LogP contribution in [-0.2, 0) is 10.5 Å². The predicted octanol–water partition coefficient (Wildman–Crippen LogP) is 3.34. The lowest BCUT2D eigenvalue weighted by Crippen LogP contribution is -2.61. The van der Waals surface area contributed by atoms with Crippen molar-refractivity contribution in [2.75, 3.05) is 23.9 Å². The standard InChI is InChI=1S/C21H16N2O2/c1-22-16-11-5-7-13-8-6-12-17(18(13)16)23(2)21(22)15-10-4-3-9-14(15)19(24)20(21)25/h3-12H,1-2H3. The highest BCUT2D eigenvalue weighted by atomic mass is 16.2. The molecule has 0 fully saturated rings. The third kappa shape index (κ3) is 1.44. The van der Waals surface area contributed by atoms with Gasteiger partial charge in [-0.3, -0.25) is 9.59 Å². The molecule has 0 atom stereocenters. The molecule has 0 unspecified atom stereocenters. The van der Waals surface area contributed by atoms with Gasteiger partial charge in [-0.1, -0.05) is 48.5 Å². The third-order valence-corrected chi connectivity index (χ3v) is 5.62. The number of benzene rings is 3. The van der Waals surface area contributed by atoms with Crippen molar-refractivity contribution in [2.45, 2.75) is 5.66 Å². The van der Waals surface area contributed by atoms with Gasteiger partial charge in [0.1, 0.15) is 0 Å². The maximum Gasteiger partial charge on any atom is 0.254 e. The number of likely N-dealkylation sites (N-methyl/N-ethyl adjacent to an activating group) is 2. The zero-order chi connectivity index (χ0) is 17.3. The molecule has 5 rings (SSSR count). The average molecular weight is 328 g/mol. The third-order valence-electron chi connectivity index (χ3n) is 5.62. The number of hydrogen-bond donors (Lipinski definition) is 0. The highest BCUT2D eigenvalue weighted by molar-refractivity contribution is 6.51. The predicted molar refractivity (Wildman–Crippen MR) is 98.2 cm³/mol. The van der Waals surface area contributed by atoms with E-state index in [2.05, 4.69) is 12.1 Å². The Morgan fingerprint density at radius 3 is 2.00 bits per heavy atom. The number of carbonyl (C=O) groups excluding carboxylic acids is 2. The Kier molecular flexibility index (Phi) is 2.55. The van der Waals surface area contributed by atoms with Crippen LogP contribution in [0.15, 0.2) is 60.7 Å². The van der Waals surface area contributed by atoms with E-state index in [0.717, 1.165) is 27.7 Å². The second-order valence-corrected chi connectivity index (χ2v) is 6.65. The highest BCUT2D eigenvalue weighted by Gasteiger charge is 2.59. The lowest BCUT2D eigenvalue weighted by atomic mass is 9.90. The topological polar surface area (TPSA) is 40.6 Å². The summed E-state index contributed by atoms with van der Waals surface area (Å²) in [7, 11) is 3.79. The Morgan fingerprint density at radius 1 is 0.760 bits per heavy atom. The van der Waals surface area contributed by atoms with E-state index in [4.69, 9.17) is 0 Å². The number of carbonyl (C=O) groups is 2. The molecule has 0 bridgehead atoms. The lowest BCUT2D eigenvalue weighted by molar-refractivity contribution is -0.119. The van der Waals surface area contributed by atoms with Gasteiger partial charge < -0.3 is 9.80 Å². The van der Waals surface area contributed by atoms with Crippen molar-refractivity contribution in [3.63, 3.8) is 0 Å². The van der Waals surface area contributed by atoms with Crippen LogP contribution in [0.5, 0.6) is 0 Å². The van der Waals surface area contributed by atoms with Crippen molar-refractivity contribution < 1.29 is 9.59 Å². The Labute approximate surface area is 145 Å². The minimum absolute atomic E-state index is 0.398. The Balaban J connectivity index is 1.92. The molecule has 1 heterocycles. The highest BCUT2D eigenvalue weighted by Crippen LogP contribution is 2.51. The van der Waals surface area contributed by atoms with E-state index < -0.39 is 17.2 Å². The van der Waals surface area contributed by atoms with Gasteiger partial charge in [-0.2, -0.15) is 0 Å². The average Bonchev–Trinajstić information content (AvgIpc) is 2.87. The van der Waals surface area contributed by atoms with Crippen LogP contribution in [0, 0.1) is 0 Å². The van der Waals surface area contributed by atoms with Gasteiger partial charge >= 0.3 is 0 Å². The largest absolute Gasteiger partial charge is 0.341 e. The first-order chi connectivity index (χ1) is 12.1. The summed E-state index contributed by atoms with van der Waals surface area (Å²) >= 11 is 0. The first-order valence-corrected chi connectivity index (χ1v) is 8.26. The molecule has 25 heavy (non-hydrogen) atoms. The molecule has 0 saturated heterocycles. The molecule has 4 heteroatoms. The summed E-state index contributed by atoms with van der Waals surface area (Å²) in [5, 5.41) is 2.22. The van der Waals surface area contributed by atoms with Gasteiger partial charge in [0.05, 0.1) is 0 Å². The van der Waals surface area contributed by atoms with Crippen LogP contribution >= 0.6 is 0 Å². The van der Waals surface area contributed by atoms with Crippen molar-refractivity contribution in [2.24, 2.45) is 0 Å². The van der Waals surface area contributed by atoms with Crippen molar-refractivity contribution >= 4 is 33.7 Å². The van der Waals surface area contributed by atoms with E-state index >= 15 is 0 Å². The van der Waals surface area contributed by atoms with Crippen molar-refractivity contribution in [1.29, 1.82) is 0 Å². The number of nitrogens with zero attached hydrogens (tertiary/aromatic N) is 2. The molecule has 0 aromatic heterocycles. The molecule has 0 amide bonds. The second-order valence-electron chi connectivity index (χ2n) is 6.65. The van der Waals surface area contributed by atoms with Crippen LogP contribution in [0.4, 0.5) is 11.4 Å². The van der Waals surface area contributed by atoms with E-state index in [1.165, 1.54) is 0 Å². The summed E-state index contributed by atoms with van der Waals surface area (Å²) in [4.78, 5) is 29.9. The van der Waals surface area contributed by atoms with Gasteiger partial charge in [0, 0.05) is 42.0 Å². The molecule has 1 aliphatic heterocycles. The fourth-order valence-electron chi connectivity index (χ4n) is 4.49. The van der Waals surface area contributed by atoms with Gasteiger partial charge in [0.15, 0.2) is 0 Å². The van der Waals surface area contributed by atoms with E-state index in [0.29, 0.717) is 5.56 Å². The first-order valence-electron chi connectivity index (χ1n) is 8.26. The number of fused-ring (bicyclic) bond motifs is 2. The number of rotatable bonds is 0. The Bertz CT molecular complexity index is 1040. The molecular weight excluding hydrogens is 312 g/mol. The number of Topliss-reactive ketones (excluding diaryl/α,β-unsaturated/α-hetero) is 2. The van der Waals surface area contributed by atoms with Crippen molar-refractivity contribution in [1.82, 2.24) is 0 Å². The van der Waals surface area contributed by atoms with Gasteiger partial charge in [0.25, 0.3) is 5.78 Å². The molecule has 0 saturated carbocycles. The molecule has 1 aliphatic carbocycles. The molecular formula is C21H16N2O2. The quantitative estimate of drug-likeness (QED) is 0.594. The van der Waals surface area contributed by atoms with Gasteiger partial charge in [-0.15, -0.1) is 0 Å². The molecule has 0 N–H and O–H groups in total. The van der Waals surface area contributed by atoms with Gasteiger partial charge in [-0.05, 0) is 17.5 Å². The zero-order valence-corrected chi connectivity index (χ0v) is 14.0. The van der Waals surface area contributed by atoms with Crippen LogP contribution in [0.25, 0.3) is 10.8 Å². The number of ketones is 2. The Morgan fingerprint density at radius 2 is 1.36 bits per heavy atom. The van der Waals surface area contributed by atoms with E-state index in [1.807, 2.05) is 60.3 Å². The summed E-state index contributed by atoms with van der Waals surface area (Å²) in [6.45, 7) is 0. The summed E-state index contributed by atoms with van der Waals surface area (Å²) in [6.07, 6.45) is 0. The maximum absolute atomic E-state index is 13.3. The van der Waals surface area contributed by atoms with Crippen molar-refractivity contribution in [3.05, 3.63) is 71.8 Å². The molecule has 3 aromatic rings. The van der Waals surface area contributed by atoms with Crippen LogP contribution in [0.3, 0.4) is 0 Å². The minimum atomic E-state index is -1.13. The van der Waals surface area contributed by atoms with Crippen LogP contribution in [0.1, 0.15) is 15.9 Å². The molecule has 3 aromatic carbocycles. The SMILES string of the molecule is CN1c2cccc3cccc(c23)N(C)C12C(=O)C(=O)c1ccccc12. The molecule has 2 aliphatic rings. The fraction of sp³-hybridized carbons (Fsp3) is 0.143.